The molecule has 5 heteroatoms. The second-order valence-electron chi connectivity index (χ2n) is 2.20. The van der Waals surface area contributed by atoms with Crippen molar-refractivity contribution in [3.8, 4) is 6.07 Å². The van der Waals surface area contributed by atoms with Gasteiger partial charge in [0.25, 0.3) is 0 Å². The van der Waals surface area contributed by atoms with Gasteiger partial charge < -0.3 is 9.67 Å². The van der Waals surface area contributed by atoms with Crippen LogP contribution in [0.4, 0.5) is 0 Å². The van der Waals surface area contributed by atoms with Gasteiger partial charge in [-0.05, 0) is 22.0 Å². The number of aromatic nitrogens is 1. The topological polar surface area (TPSA) is 66.0 Å². The Hall–Kier alpha value is -1.28. The quantitative estimate of drug-likeness (QED) is 0.790. The summed E-state index contributed by atoms with van der Waals surface area (Å²) in [6, 6.07) is 3.30. The lowest BCUT2D eigenvalue weighted by Gasteiger charge is -1.96. The van der Waals surface area contributed by atoms with Gasteiger partial charge in [-0.15, -0.1) is 0 Å². The summed E-state index contributed by atoms with van der Waals surface area (Å²) in [5.41, 5.74) is 0.408. The van der Waals surface area contributed by atoms with Crippen LogP contribution in [0.2, 0.25) is 0 Å². The summed E-state index contributed by atoms with van der Waals surface area (Å²) in [6.07, 6.45) is 0. The summed E-state index contributed by atoms with van der Waals surface area (Å²) in [5.74, 6) is -1.04. The van der Waals surface area contributed by atoms with Gasteiger partial charge in [-0.25, -0.2) is 4.79 Å². The smallest absolute Gasteiger partial charge is 0.352 e. The fourth-order valence-electron chi connectivity index (χ4n) is 0.899. The van der Waals surface area contributed by atoms with Crippen molar-refractivity contribution in [1.29, 1.82) is 5.26 Å². The minimum absolute atomic E-state index is 0.0958. The number of hydrogen-bond donors (Lipinski definition) is 1. The first-order valence-corrected chi connectivity index (χ1v) is 3.86. The van der Waals surface area contributed by atoms with Crippen molar-refractivity contribution in [2.75, 3.05) is 0 Å². The molecule has 62 valence electrons. The minimum Gasteiger partial charge on any atom is -0.477 e. The number of carbonyl (C=O) groups is 1. The van der Waals surface area contributed by atoms with Crippen molar-refractivity contribution < 1.29 is 9.90 Å². The number of hydrogen-bond acceptors (Lipinski definition) is 2. The molecule has 0 aliphatic heterocycles. The third-order valence-electron chi connectivity index (χ3n) is 1.51. The number of nitriles is 1. The number of nitrogens with zero attached hydrogens (tertiary/aromatic N) is 2. The fraction of sp³-hybridized carbons (Fsp3) is 0.143. The van der Waals surface area contributed by atoms with Crippen molar-refractivity contribution in [2.45, 2.75) is 0 Å². The Balaban J connectivity index is 3.39. The minimum atomic E-state index is -1.04. The monoisotopic (exact) mass is 228 g/mol. The summed E-state index contributed by atoms with van der Waals surface area (Å²) in [4.78, 5) is 10.6. The van der Waals surface area contributed by atoms with Gasteiger partial charge in [0.15, 0.2) is 0 Å². The lowest BCUT2D eigenvalue weighted by Crippen LogP contribution is -2.05. The molecular formula is C7H5BrN2O2. The van der Waals surface area contributed by atoms with Crippen LogP contribution in [0.25, 0.3) is 0 Å². The molecule has 4 nitrogen and oxygen atoms in total. The van der Waals surface area contributed by atoms with Gasteiger partial charge in [-0.3, -0.25) is 0 Å². The molecule has 0 fully saturated rings. The van der Waals surface area contributed by atoms with Crippen LogP contribution in [0.3, 0.4) is 0 Å². The molecule has 0 unspecified atom stereocenters. The highest BCUT2D eigenvalue weighted by Gasteiger charge is 2.14. The van der Waals surface area contributed by atoms with Crippen LogP contribution in [0.15, 0.2) is 10.5 Å². The third-order valence-corrected chi connectivity index (χ3v) is 2.12. The number of carboxylic acids is 1. The molecule has 0 saturated heterocycles. The van der Waals surface area contributed by atoms with Crippen molar-refractivity contribution >= 4 is 21.9 Å². The predicted octanol–water partition coefficient (Wildman–Crippen LogP) is 1.36. The van der Waals surface area contributed by atoms with Gasteiger partial charge in [0.1, 0.15) is 17.5 Å². The molecule has 1 aromatic rings. The average Bonchev–Trinajstić information content (AvgIpc) is 2.27. The van der Waals surface area contributed by atoms with Crippen LogP contribution >= 0.6 is 15.9 Å². The second kappa shape index (κ2) is 2.99. The van der Waals surface area contributed by atoms with Gasteiger partial charge in [0.2, 0.25) is 0 Å². The number of halogens is 1. The van der Waals surface area contributed by atoms with E-state index >= 15 is 0 Å². The molecule has 0 radical (unpaired) electrons. The molecule has 0 aliphatic rings. The molecule has 0 spiro atoms. The third kappa shape index (κ3) is 1.21. The second-order valence-corrected chi connectivity index (χ2v) is 3.06. The first-order valence-electron chi connectivity index (χ1n) is 3.06. The van der Waals surface area contributed by atoms with E-state index < -0.39 is 5.97 Å². The maximum absolute atomic E-state index is 10.6. The zero-order valence-electron chi connectivity index (χ0n) is 6.21. The largest absolute Gasteiger partial charge is 0.477 e. The molecule has 1 aromatic heterocycles. The van der Waals surface area contributed by atoms with E-state index in [0.717, 1.165) is 0 Å². The predicted molar refractivity (Wildman–Crippen MR) is 44.8 cm³/mol. The van der Waals surface area contributed by atoms with E-state index in [1.165, 1.54) is 17.7 Å². The lowest BCUT2D eigenvalue weighted by molar-refractivity contribution is 0.0686. The van der Waals surface area contributed by atoms with E-state index in [1.54, 1.807) is 0 Å². The van der Waals surface area contributed by atoms with Gasteiger partial charge in [-0.1, -0.05) is 0 Å². The summed E-state index contributed by atoms with van der Waals surface area (Å²) < 4.78 is 1.83. The summed E-state index contributed by atoms with van der Waals surface area (Å²) in [6.45, 7) is 0. The molecule has 12 heavy (non-hydrogen) atoms. The maximum atomic E-state index is 10.6. The number of rotatable bonds is 1. The normalized spacial score (nSPS) is 9.42. The van der Waals surface area contributed by atoms with Crippen LogP contribution in [0, 0.1) is 11.3 Å². The molecule has 0 aromatic carbocycles. The number of aromatic carboxylic acids is 1. The van der Waals surface area contributed by atoms with Crippen molar-refractivity contribution in [2.24, 2.45) is 7.05 Å². The van der Waals surface area contributed by atoms with E-state index in [1.807, 2.05) is 6.07 Å². The van der Waals surface area contributed by atoms with Gasteiger partial charge >= 0.3 is 5.97 Å². The standard InChI is InChI=1S/C7H5BrN2O2/c1-10-5(7(11)12)2-4(8)6(10)3-9/h2H,1H3,(H,11,12). The first kappa shape index (κ1) is 8.81. The molecular weight excluding hydrogens is 224 g/mol. The maximum Gasteiger partial charge on any atom is 0.352 e. The summed E-state index contributed by atoms with van der Waals surface area (Å²) >= 11 is 3.09. The van der Waals surface area contributed by atoms with Crippen molar-refractivity contribution in [1.82, 2.24) is 4.57 Å². The highest BCUT2D eigenvalue weighted by Crippen LogP contribution is 2.19. The zero-order valence-corrected chi connectivity index (χ0v) is 7.79. The lowest BCUT2D eigenvalue weighted by atomic mass is 10.4. The van der Waals surface area contributed by atoms with Gasteiger partial charge in [0.05, 0.1) is 4.47 Å². The molecule has 1 rings (SSSR count). The van der Waals surface area contributed by atoms with E-state index in [2.05, 4.69) is 15.9 Å². The fourth-order valence-corrected chi connectivity index (χ4v) is 1.47. The van der Waals surface area contributed by atoms with Gasteiger partial charge in [-0.2, -0.15) is 5.26 Å². The molecule has 0 saturated carbocycles. The van der Waals surface area contributed by atoms with E-state index in [0.29, 0.717) is 10.2 Å². The molecule has 0 amide bonds. The zero-order chi connectivity index (χ0) is 9.30. The van der Waals surface area contributed by atoms with Crippen LogP contribution in [0.1, 0.15) is 16.2 Å². The summed E-state index contributed by atoms with van der Waals surface area (Å²) in [7, 11) is 1.53. The Morgan fingerprint density at radius 3 is 2.67 bits per heavy atom. The Bertz CT molecular complexity index is 375. The van der Waals surface area contributed by atoms with Crippen molar-refractivity contribution in [3.63, 3.8) is 0 Å². The molecule has 0 bridgehead atoms. The molecule has 1 heterocycles. The Morgan fingerprint density at radius 2 is 2.42 bits per heavy atom. The highest BCUT2D eigenvalue weighted by molar-refractivity contribution is 9.10. The Morgan fingerprint density at radius 1 is 1.83 bits per heavy atom. The summed E-state index contributed by atoms with van der Waals surface area (Å²) in [5, 5.41) is 17.2. The molecule has 0 aliphatic carbocycles. The number of carboxylic acid groups (broad SMARTS) is 1. The van der Waals surface area contributed by atoms with E-state index in [4.69, 9.17) is 10.4 Å². The molecule has 1 N–H and O–H groups in total. The Kier molecular flexibility index (Phi) is 2.20. The Labute approximate surface area is 77.2 Å². The van der Waals surface area contributed by atoms with Gasteiger partial charge in [0, 0.05) is 7.05 Å². The van der Waals surface area contributed by atoms with E-state index in [-0.39, 0.29) is 5.69 Å². The van der Waals surface area contributed by atoms with Crippen LogP contribution < -0.4 is 0 Å². The van der Waals surface area contributed by atoms with Crippen LogP contribution in [-0.4, -0.2) is 15.6 Å². The van der Waals surface area contributed by atoms with Crippen molar-refractivity contribution in [3.05, 3.63) is 21.9 Å². The highest BCUT2D eigenvalue weighted by atomic mass is 79.9. The molecule has 0 atom stereocenters. The average molecular weight is 229 g/mol. The van der Waals surface area contributed by atoms with E-state index in [9.17, 15) is 4.79 Å². The SMILES string of the molecule is Cn1c(C(=O)O)cc(Br)c1C#N. The van der Waals surface area contributed by atoms with Crippen LogP contribution in [-0.2, 0) is 7.05 Å². The first-order chi connectivity index (χ1) is 5.57. The van der Waals surface area contributed by atoms with Crippen LogP contribution in [0.5, 0.6) is 0 Å².